The largest absolute Gasteiger partial charge is 0.495 e. The van der Waals surface area contributed by atoms with Crippen molar-refractivity contribution in [3.63, 3.8) is 0 Å². The van der Waals surface area contributed by atoms with Gasteiger partial charge >= 0.3 is 0 Å². The first-order valence-electron chi connectivity index (χ1n) is 6.23. The lowest BCUT2D eigenvalue weighted by Gasteiger charge is -2.15. The maximum atomic E-state index is 12.4. The lowest BCUT2D eigenvalue weighted by atomic mass is 10.2. The molecule has 0 fully saturated rings. The van der Waals surface area contributed by atoms with E-state index in [4.69, 9.17) is 14.6 Å². The molecule has 0 heterocycles. The number of nitrogens with one attached hydrogen (secondary N) is 1. The van der Waals surface area contributed by atoms with Crippen LogP contribution in [-0.4, -0.2) is 47.0 Å². The normalized spacial score (nSPS) is 12.4. The van der Waals surface area contributed by atoms with E-state index in [0.29, 0.717) is 5.56 Å². The summed E-state index contributed by atoms with van der Waals surface area (Å²) in [4.78, 5) is -0.00214. The second-order valence-corrected chi connectivity index (χ2v) is 5.99. The molecule has 1 atom stereocenters. The van der Waals surface area contributed by atoms with Crippen LogP contribution in [0, 0.1) is 11.8 Å². The van der Waals surface area contributed by atoms with Crippen molar-refractivity contribution in [2.75, 3.05) is 27.4 Å². The number of aliphatic hydroxyl groups excluding tert-OH is 1. The molecule has 1 aromatic carbocycles. The Bertz CT molecular complexity index is 630. The first-order chi connectivity index (χ1) is 9.94. The molecular weight excluding hydrogens is 294 g/mol. The predicted molar refractivity (Wildman–Crippen MR) is 78.6 cm³/mol. The Morgan fingerprint density at radius 2 is 2.10 bits per heavy atom. The average molecular weight is 313 g/mol. The number of hydrogen-bond acceptors (Lipinski definition) is 5. The average Bonchev–Trinajstić information content (AvgIpc) is 2.44. The van der Waals surface area contributed by atoms with E-state index in [2.05, 4.69) is 16.6 Å². The van der Waals surface area contributed by atoms with Crippen molar-refractivity contribution in [3.8, 4) is 17.6 Å². The molecule has 2 N–H and O–H groups in total. The quantitative estimate of drug-likeness (QED) is 0.740. The fourth-order valence-corrected chi connectivity index (χ4v) is 3.14. The standard InChI is InChI=1S/C14H19NO5S/c1-11(10-19-2)15-21(17,18)14-9-12(5-4-8-16)6-7-13(14)20-3/h6-7,9,11,15-16H,8,10H2,1-3H3. The van der Waals surface area contributed by atoms with E-state index in [1.165, 1.54) is 26.4 Å². The summed E-state index contributed by atoms with van der Waals surface area (Å²) in [6.45, 7) is 1.66. The molecular formula is C14H19NO5S. The summed E-state index contributed by atoms with van der Waals surface area (Å²) in [5.74, 6) is 5.36. The Morgan fingerprint density at radius 3 is 2.67 bits per heavy atom. The third-order valence-corrected chi connectivity index (χ3v) is 4.15. The Morgan fingerprint density at radius 1 is 1.38 bits per heavy atom. The zero-order valence-corrected chi connectivity index (χ0v) is 13.0. The lowest BCUT2D eigenvalue weighted by molar-refractivity contribution is 0.180. The topological polar surface area (TPSA) is 84.9 Å². The molecule has 1 unspecified atom stereocenters. The molecule has 0 saturated heterocycles. The number of methoxy groups -OCH3 is 2. The molecule has 0 spiro atoms. The van der Waals surface area contributed by atoms with Crippen LogP contribution in [-0.2, 0) is 14.8 Å². The van der Waals surface area contributed by atoms with Gasteiger partial charge in [0, 0.05) is 18.7 Å². The van der Waals surface area contributed by atoms with Crippen LogP contribution in [0.15, 0.2) is 23.1 Å². The summed E-state index contributed by atoms with van der Waals surface area (Å²) in [5.41, 5.74) is 0.476. The third kappa shape index (κ3) is 5.02. The molecule has 0 amide bonds. The minimum absolute atomic E-state index is 0.00214. The zero-order valence-electron chi connectivity index (χ0n) is 12.2. The maximum Gasteiger partial charge on any atom is 0.244 e. The molecule has 1 rings (SSSR count). The molecule has 0 aliphatic heterocycles. The number of sulfonamides is 1. The molecule has 0 radical (unpaired) electrons. The Kier molecular flexibility index (Phi) is 6.65. The number of aliphatic hydroxyl groups is 1. The highest BCUT2D eigenvalue weighted by molar-refractivity contribution is 7.89. The fraction of sp³-hybridized carbons (Fsp3) is 0.429. The van der Waals surface area contributed by atoms with Gasteiger partial charge < -0.3 is 14.6 Å². The van der Waals surface area contributed by atoms with Gasteiger partial charge in [-0.15, -0.1) is 0 Å². The van der Waals surface area contributed by atoms with E-state index >= 15 is 0 Å². The van der Waals surface area contributed by atoms with E-state index in [1.54, 1.807) is 13.0 Å². The Hall–Kier alpha value is -1.59. The van der Waals surface area contributed by atoms with Crippen molar-refractivity contribution in [3.05, 3.63) is 23.8 Å². The highest BCUT2D eigenvalue weighted by Crippen LogP contribution is 2.24. The van der Waals surface area contributed by atoms with E-state index < -0.39 is 10.0 Å². The van der Waals surface area contributed by atoms with Gasteiger partial charge in [0.1, 0.15) is 17.3 Å². The molecule has 1 aromatic rings. The third-order valence-electron chi connectivity index (χ3n) is 2.54. The van der Waals surface area contributed by atoms with E-state index in [-0.39, 0.29) is 29.9 Å². The first-order valence-corrected chi connectivity index (χ1v) is 7.72. The van der Waals surface area contributed by atoms with E-state index in [9.17, 15) is 8.42 Å². The van der Waals surface area contributed by atoms with Gasteiger partial charge in [0.2, 0.25) is 10.0 Å². The molecule has 0 bridgehead atoms. The molecule has 6 nitrogen and oxygen atoms in total. The summed E-state index contributed by atoms with van der Waals surface area (Å²) in [6.07, 6.45) is 0. The molecule has 0 saturated carbocycles. The van der Waals surface area contributed by atoms with Gasteiger partial charge in [-0.1, -0.05) is 11.8 Å². The molecule has 0 aromatic heterocycles. The van der Waals surface area contributed by atoms with Crippen LogP contribution in [0.25, 0.3) is 0 Å². The van der Waals surface area contributed by atoms with Crippen LogP contribution in [0.3, 0.4) is 0 Å². The van der Waals surface area contributed by atoms with Crippen LogP contribution in [0.5, 0.6) is 5.75 Å². The second kappa shape index (κ2) is 8.00. The van der Waals surface area contributed by atoms with Crippen molar-refractivity contribution in [1.29, 1.82) is 0 Å². The van der Waals surface area contributed by atoms with Crippen molar-refractivity contribution in [2.24, 2.45) is 0 Å². The van der Waals surface area contributed by atoms with Crippen LogP contribution in [0.2, 0.25) is 0 Å². The molecule has 21 heavy (non-hydrogen) atoms. The van der Waals surface area contributed by atoms with Gasteiger partial charge in [-0.25, -0.2) is 13.1 Å². The van der Waals surface area contributed by atoms with Gasteiger partial charge in [-0.05, 0) is 25.1 Å². The minimum Gasteiger partial charge on any atom is -0.495 e. The summed E-state index contributed by atoms with van der Waals surface area (Å²) in [7, 11) is -0.866. The van der Waals surface area contributed by atoms with Crippen molar-refractivity contribution in [2.45, 2.75) is 17.9 Å². The minimum atomic E-state index is -3.76. The second-order valence-electron chi connectivity index (χ2n) is 4.30. The monoisotopic (exact) mass is 313 g/mol. The summed E-state index contributed by atoms with van der Waals surface area (Å²) in [5, 5.41) is 8.69. The van der Waals surface area contributed by atoms with Crippen molar-refractivity contribution in [1.82, 2.24) is 4.72 Å². The van der Waals surface area contributed by atoms with E-state index in [0.717, 1.165) is 0 Å². The molecule has 7 heteroatoms. The van der Waals surface area contributed by atoms with Crippen LogP contribution < -0.4 is 9.46 Å². The predicted octanol–water partition coefficient (Wildman–Crippen LogP) is 0.352. The smallest absolute Gasteiger partial charge is 0.244 e. The first kappa shape index (κ1) is 17.5. The molecule has 116 valence electrons. The number of benzene rings is 1. The lowest BCUT2D eigenvalue weighted by Crippen LogP contribution is -2.35. The van der Waals surface area contributed by atoms with Gasteiger partial charge in [-0.2, -0.15) is 0 Å². The van der Waals surface area contributed by atoms with Gasteiger partial charge in [0.25, 0.3) is 0 Å². The summed E-state index contributed by atoms with van der Waals surface area (Å²) < 4.78 is 37.3. The zero-order chi connectivity index (χ0) is 15.9. The Balaban J connectivity index is 3.19. The molecule has 0 aliphatic rings. The number of ether oxygens (including phenoxy) is 2. The van der Waals surface area contributed by atoms with Gasteiger partial charge in [0.15, 0.2) is 0 Å². The maximum absolute atomic E-state index is 12.4. The van der Waals surface area contributed by atoms with Crippen molar-refractivity contribution < 1.29 is 23.0 Å². The van der Waals surface area contributed by atoms with Gasteiger partial charge in [-0.3, -0.25) is 0 Å². The highest BCUT2D eigenvalue weighted by Gasteiger charge is 2.22. The summed E-state index contributed by atoms with van der Waals surface area (Å²) >= 11 is 0. The SMILES string of the molecule is COCC(C)NS(=O)(=O)c1cc(C#CCO)ccc1OC. The molecule has 0 aliphatic carbocycles. The van der Waals surface area contributed by atoms with Crippen LogP contribution >= 0.6 is 0 Å². The Labute approximate surface area is 125 Å². The van der Waals surface area contributed by atoms with E-state index in [1.807, 2.05) is 0 Å². The van der Waals surface area contributed by atoms with Crippen LogP contribution in [0.4, 0.5) is 0 Å². The number of rotatable bonds is 6. The number of hydrogen-bond donors (Lipinski definition) is 2. The fourth-order valence-electron chi connectivity index (χ4n) is 1.72. The van der Waals surface area contributed by atoms with Gasteiger partial charge in [0.05, 0.1) is 13.7 Å². The summed E-state index contributed by atoms with van der Waals surface area (Å²) in [6, 6.07) is 4.18. The van der Waals surface area contributed by atoms with Crippen molar-refractivity contribution >= 4 is 10.0 Å². The highest BCUT2D eigenvalue weighted by atomic mass is 32.2. The van der Waals surface area contributed by atoms with Crippen LogP contribution in [0.1, 0.15) is 12.5 Å².